The molecule has 2 aromatic carbocycles. The zero-order chi connectivity index (χ0) is 11.7. The molecule has 3 aromatic rings. The second-order valence-electron chi connectivity index (χ2n) is 4.04. The van der Waals surface area contributed by atoms with Crippen molar-refractivity contribution in [3.05, 3.63) is 54.1 Å². The third-order valence-corrected chi connectivity index (χ3v) is 3.95. The lowest BCUT2D eigenvalue weighted by Gasteiger charge is -1.93. The summed E-state index contributed by atoms with van der Waals surface area (Å²) in [5.41, 5.74) is 3.68. The molecule has 3 rings (SSSR count). The molecule has 0 saturated carbocycles. The number of aromatic nitrogens is 1. The zero-order valence-electron chi connectivity index (χ0n) is 9.68. The molecule has 0 spiro atoms. The molecular weight excluding hydrogens is 226 g/mol. The maximum absolute atomic E-state index is 4.68. The molecule has 0 aliphatic carbocycles. The Morgan fingerprint density at radius 3 is 2.65 bits per heavy atom. The van der Waals surface area contributed by atoms with E-state index in [0.717, 1.165) is 16.9 Å². The Kier molecular flexibility index (Phi) is 2.65. The van der Waals surface area contributed by atoms with E-state index in [1.54, 1.807) is 11.3 Å². The summed E-state index contributed by atoms with van der Waals surface area (Å²) in [4.78, 5) is 4.68. The highest BCUT2D eigenvalue weighted by atomic mass is 32.1. The molecule has 0 aliphatic heterocycles. The Balaban J connectivity index is 2.14. The molecule has 17 heavy (non-hydrogen) atoms. The van der Waals surface area contributed by atoms with Gasteiger partial charge in [0.25, 0.3) is 0 Å². The van der Waals surface area contributed by atoms with Gasteiger partial charge in [-0.3, -0.25) is 0 Å². The number of thiazole rings is 1. The van der Waals surface area contributed by atoms with Crippen molar-refractivity contribution in [1.29, 1.82) is 0 Å². The molecule has 0 N–H and O–H groups in total. The molecule has 2 heteroatoms. The predicted molar refractivity (Wildman–Crippen MR) is 74.4 cm³/mol. The number of aryl methyl sites for hydroxylation is 1. The van der Waals surface area contributed by atoms with Crippen LogP contribution in [0.4, 0.5) is 0 Å². The van der Waals surface area contributed by atoms with Gasteiger partial charge in [-0.15, -0.1) is 11.3 Å². The van der Waals surface area contributed by atoms with Gasteiger partial charge >= 0.3 is 0 Å². The van der Waals surface area contributed by atoms with Crippen LogP contribution in [0.15, 0.2) is 48.5 Å². The van der Waals surface area contributed by atoms with Gasteiger partial charge in [0.05, 0.1) is 10.2 Å². The summed E-state index contributed by atoms with van der Waals surface area (Å²) >= 11 is 1.77. The first-order valence-electron chi connectivity index (χ1n) is 5.81. The molecule has 0 unspecified atom stereocenters. The van der Waals surface area contributed by atoms with Crippen LogP contribution < -0.4 is 0 Å². The van der Waals surface area contributed by atoms with Gasteiger partial charge in [0.15, 0.2) is 0 Å². The van der Waals surface area contributed by atoms with Crippen LogP contribution in [0.2, 0.25) is 0 Å². The summed E-state index contributed by atoms with van der Waals surface area (Å²) in [5, 5.41) is 1.11. The number of hydrogen-bond donors (Lipinski definition) is 0. The molecular formula is C15H13NS. The third-order valence-electron chi connectivity index (χ3n) is 2.88. The lowest BCUT2D eigenvalue weighted by Crippen LogP contribution is -1.77. The largest absolute Gasteiger partial charge is 0.236 e. The number of fused-ring (bicyclic) bond motifs is 1. The normalized spacial score (nSPS) is 10.9. The van der Waals surface area contributed by atoms with Gasteiger partial charge in [0.1, 0.15) is 5.01 Å². The van der Waals surface area contributed by atoms with Crippen LogP contribution in [0, 0.1) is 0 Å². The minimum absolute atomic E-state index is 1.08. The highest BCUT2D eigenvalue weighted by Gasteiger charge is 2.05. The Morgan fingerprint density at radius 2 is 1.88 bits per heavy atom. The predicted octanol–water partition coefficient (Wildman–Crippen LogP) is 4.53. The van der Waals surface area contributed by atoms with Crippen molar-refractivity contribution in [2.45, 2.75) is 13.3 Å². The van der Waals surface area contributed by atoms with Crippen LogP contribution in [0.25, 0.3) is 20.8 Å². The van der Waals surface area contributed by atoms with Gasteiger partial charge in [-0.1, -0.05) is 43.3 Å². The molecule has 1 heterocycles. The second kappa shape index (κ2) is 4.30. The van der Waals surface area contributed by atoms with Crippen LogP contribution in [-0.4, -0.2) is 4.98 Å². The van der Waals surface area contributed by atoms with Crippen molar-refractivity contribution in [1.82, 2.24) is 4.98 Å². The Bertz CT molecular complexity index is 640. The van der Waals surface area contributed by atoms with Gasteiger partial charge < -0.3 is 0 Å². The Morgan fingerprint density at radius 1 is 1.06 bits per heavy atom. The van der Waals surface area contributed by atoms with Crippen LogP contribution >= 0.6 is 11.3 Å². The second-order valence-corrected chi connectivity index (χ2v) is 5.07. The molecule has 0 saturated heterocycles. The van der Waals surface area contributed by atoms with E-state index in [1.165, 1.54) is 15.8 Å². The summed E-state index contributed by atoms with van der Waals surface area (Å²) in [6, 6.07) is 16.9. The highest BCUT2D eigenvalue weighted by molar-refractivity contribution is 7.21. The number of rotatable bonds is 2. The van der Waals surface area contributed by atoms with E-state index in [-0.39, 0.29) is 0 Å². The highest BCUT2D eigenvalue weighted by Crippen LogP contribution is 2.30. The van der Waals surface area contributed by atoms with Crippen LogP contribution in [-0.2, 0) is 6.42 Å². The molecule has 0 aliphatic rings. The van der Waals surface area contributed by atoms with E-state index < -0.39 is 0 Å². The lowest BCUT2D eigenvalue weighted by molar-refractivity contribution is 1.15. The summed E-state index contributed by atoms with van der Waals surface area (Å²) in [5.74, 6) is 0. The van der Waals surface area contributed by atoms with Gasteiger partial charge in [-0.2, -0.15) is 0 Å². The zero-order valence-corrected chi connectivity index (χ0v) is 10.5. The van der Waals surface area contributed by atoms with Gasteiger partial charge in [0.2, 0.25) is 0 Å². The van der Waals surface area contributed by atoms with E-state index in [2.05, 4.69) is 54.4 Å². The maximum atomic E-state index is 4.68. The first-order valence-corrected chi connectivity index (χ1v) is 6.63. The number of benzene rings is 2. The van der Waals surface area contributed by atoms with Crippen molar-refractivity contribution < 1.29 is 0 Å². The van der Waals surface area contributed by atoms with Crippen molar-refractivity contribution >= 4 is 21.6 Å². The van der Waals surface area contributed by atoms with Gasteiger partial charge in [-0.05, 0) is 24.1 Å². The van der Waals surface area contributed by atoms with Crippen LogP contribution in [0.3, 0.4) is 0 Å². The fourth-order valence-electron chi connectivity index (χ4n) is 1.89. The molecule has 1 nitrogen and oxygen atoms in total. The summed E-state index contributed by atoms with van der Waals surface area (Å²) in [6.07, 6.45) is 1.08. The summed E-state index contributed by atoms with van der Waals surface area (Å²) < 4.78 is 1.28. The van der Waals surface area contributed by atoms with E-state index >= 15 is 0 Å². The number of nitrogens with zero attached hydrogens (tertiary/aromatic N) is 1. The van der Waals surface area contributed by atoms with Crippen molar-refractivity contribution in [2.75, 3.05) is 0 Å². The molecule has 84 valence electrons. The van der Waals surface area contributed by atoms with E-state index in [1.807, 2.05) is 6.07 Å². The minimum atomic E-state index is 1.08. The molecule has 0 radical (unpaired) electrons. The fraction of sp³-hybridized carbons (Fsp3) is 0.133. The third kappa shape index (κ3) is 1.96. The number of hydrogen-bond acceptors (Lipinski definition) is 2. The fourth-order valence-corrected chi connectivity index (χ4v) is 2.93. The van der Waals surface area contributed by atoms with E-state index in [9.17, 15) is 0 Å². The molecule has 1 aromatic heterocycles. The van der Waals surface area contributed by atoms with Gasteiger partial charge in [0, 0.05) is 5.56 Å². The summed E-state index contributed by atoms with van der Waals surface area (Å²) in [7, 11) is 0. The van der Waals surface area contributed by atoms with Crippen molar-refractivity contribution in [3.63, 3.8) is 0 Å². The lowest BCUT2D eigenvalue weighted by atomic mass is 10.2. The molecule has 0 bridgehead atoms. The Hall–Kier alpha value is -1.67. The standard InChI is InChI=1S/C15H13NS/c1-2-11-8-9-13-14(10-11)17-15(16-13)12-6-4-3-5-7-12/h3-10H,2H2,1H3. The van der Waals surface area contributed by atoms with E-state index in [4.69, 9.17) is 0 Å². The molecule has 0 amide bonds. The first-order chi connectivity index (χ1) is 8.36. The van der Waals surface area contributed by atoms with Crippen LogP contribution in [0.1, 0.15) is 12.5 Å². The first kappa shape index (κ1) is 10.5. The maximum Gasteiger partial charge on any atom is 0.124 e. The summed E-state index contributed by atoms with van der Waals surface area (Å²) in [6.45, 7) is 2.18. The van der Waals surface area contributed by atoms with E-state index in [0.29, 0.717) is 0 Å². The average molecular weight is 239 g/mol. The molecule has 0 atom stereocenters. The topological polar surface area (TPSA) is 12.9 Å². The molecule has 0 fully saturated rings. The van der Waals surface area contributed by atoms with Crippen molar-refractivity contribution in [3.8, 4) is 10.6 Å². The quantitative estimate of drug-likeness (QED) is 0.640. The average Bonchev–Trinajstić information content (AvgIpc) is 2.82. The SMILES string of the molecule is CCc1ccc2nc(-c3ccccc3)sc2c1. The van der Waals surface area contributed by atoms with Gasteiger partial charge in [-0.25, -0.2) is 4.98 Å². The smallest absolute Gasteiger partial charge is 0.124 e. The van der Waals surface area contributed by atoms with Crippen molar-refractivity contribution in [2.24, 2.45) is 0 Å². The Labute approximate surface area is 105 Å². The van der Waals surface area contributed by atoms with Crippen LogP contribution in [0.5, 0.6) is 0 Å². The monoisotopic (exact) mass is 239 g/mol. The minimum Gasteiger partial charge on any atom is -0.236 e.